The van der Waals surface area contributed by atoms with Crippen LogP contribution >= 0.6 is 11.3 Å². The molecule has 2 heterocycles. The number of nitrogens with zero attached hydrogens (tertiary/aromatic N) is 3. The van der Waals surface area contributed by atoms with Gasteiger partial charge in [-0.05, 0) is 42.4 Å². The number of sulfonamides is 1. The molecule has 3 rings (SSSR count). The minimum absolute atomic E-state index is 0.143. The molecule has 1 N–H and O–H groups in total. The van der Waals surface area contributed by atoms with Crippen molar-refractivity contribution in [1.82, 2.24) is 14.5 Å². The van der Waals surface area contributed by atoms with Crippen molar-refractivity contribution in [2.45, 2.75) is 45.4 Å². The minimum atomic E-state index is -3.64. The van der Waals surface area contributed by atoms with Crippen LogP contribution in [0, 0.1) is 17.8 Å². The second kappa shape index (κ2) is 8.89. The Labute approximate surface area is 176 Å². The lowest BCUT2D eigenvalue weighted by molar-refractivity contribution is 0.102. The van der Waals surface area contributed by atoms with Crippen LogP contribution in [0.2, 0.25) is 0 Å². The zero-order valence-corrected chi connectivity index (χ0v) is 18.9. The quantitative estimate of drug-likeness (QED) is 0.746. The van der Waals surface area contributed by atoms with Gasteiger partial charge < -0.3 is 0 Å². The topological polar surface area (TPSA) is 92.3 Å². The zero-order valence-electron chi connectivity index (χ0n) is 17.3. The van der Waals surface area contributed by atoms with E-state index < -0.39 is 15.9 Å². The van der Waals surface area contributed by atoms with Gasteiger partial charge in [-0.15, -0.1) is 10.2 Å². The number of anilines is 1. The number of carbonyl (C=O) groups excluding carboxylic acids is 1. The number of piperidine rings is 1. The second-order valence-electron chi connectivity index (χ2n) is 8.35. The highest BCUT2D eigenvalue weighted by Crippen LogP contribution is 2.27. The molecule has 9 heteroatoms. The van der Waals surface area contributed by atoms with E-state index >= 15 is 0 Å². The van der Waals surface area contributed by atoms with Crippen LogP contribution in [0.25, 0.3) is 0 Å². The van der Waals surface area contributed by atoms with E-state index in [-0.39, 0.29) is 10.5 Å². The molecule has 1 amide bonds. The van der Waals surface area contributed by atoms with E-state index in [1.54, 1.807) is 18.2 Å². The molecule has 29 heavy (non-hydrogen) atoms. The Kier molecular flexibility index (Phi) is 6.70. The number of nitrogens with one attached hydrogen (secondary N) is 1. The van der Waals surface area contributed by atoms with E-state index in [1.807, 2.05) is 0 Å². The minimum Gasteiger partial charge on any atom is -0.296 e. The number of benzene rings is 1. The van der Waals surface area contributed by atoms with Gasteiger partial charge in [0, 0.05) is 25.1 Å². The molecule has 0 aliphatic carbocycles. The van der Waals surface area contributed by atoms with E-state index in [2.05, 4.69) is 43.2 Å². The summed E-state index contributed by atoms with van der Waals surface area (Å²) in [5, 5.41) is 12.1. The molecule has 1 aliphatic rings. The number of hydrogen-bond acceptors (Lipinski definition) is 6. The van der Waals surface area contributed by atoms with Crippen LogP contribution in [0.3, 0.4) is 0 Å². The molecule has 0 saturated carbocycles. The van der Waals surface area contributed by atoms with Gasteiger partial charge in [0.25, 0.3) is 5.91 Å². The third-order valence-corrected chi connectivity index (χ3v) is 7.53. The molecule has 2 aromatic rings. The summed E-state index contributed by atoms with van der Waals surface area (Å²) in [6, 6.07) is 6.18. The van der Waals surface area contributed by atoms with Crippen molar-refractivity contribution in [3.63, 3.8) is 0 Å². The first-order valence-corrected chi connectivity index (χ1v) is 12.1. The molecular weight excluding hydrogens is 408 g/mol. The van der Waals surface area contributed by atoms with Crippen LogP contribution in [0.15, 0.2) is 29.2 Å². The first-order chi connectivity index (χ1) is 13.6. The van der Waals surface area contributed by atoms with Gasteiger partial charge in [0.15, 0.2) is 0 Å². The smallest absolute Gasteiger partial charge is 0.257 e. The fourth-order valence-electron chi connectivity index (χ4n) is 3.65. The maximum absolute atomic E-state index is 13.1. The average molecular weight is 437 g/mol. The Bertz CT molecular complexity index is 962. The van der Waals surface area contributed by atoms with Gasteiger partial charge in [0.05, 0.1) is 4.90 Å². The first kappa shape index (κ1) is 21.9. The predicted molar refractivity (Wildman–Crippen MR) is 115 cm³/mol. The number of amides is 1. The van der Waals surface area contributed by atoms with Crippen LogP contribution in [0.4, 0.5) is 5.13 Å². The molecule has 2 atom stereocenters. The zero-order chi connectivity index (χ0) is 21.2. The van der Waals surface area contributed by atoms with E-state index in [4.69, 9.17) is 0 Å². The van der Waals surface area contributed by atoms with Gasteiger partial charge in [-0.25, -0.2) is 8.42 Å². The standard InChI is InChI=1S/C20H28N4O3S2/c1-13(2)8-18-22-23-20(28-18)21-19(25)16-6-5-7-17(10-16)29(26,27)24-11-14(3)9-15(4)12-24/h5-7,10,13-15H,8-9,11-12H2,1-4H3,(H,21,23,25). The molecule has 1 fully saturated rings. The Hall–Kier alpha value is -1.84. The summed E-state index contributed by atoms with van der Waals surface area (Å²) < 4.78 is 27.7. The maximum Gasteiger partial charge on any atom is 0.257 e. The summed E-state index contributed by atoms with van der Waals surface area (Å²) in [6.45, 7) is 9.33. The van der Waals surface area contributed by atoms with Gasteiger partial charge in [-0.3, -0.25) is 10.1 Å². The largest absolute Gasteiger partial charge is 0.296 e. The molecular formula is C20H28N4O3S2. The van der Waals surface area contributed by atoms with Crippen molar-refractivity contribution in [2.24, 2.45) is 17.8 Å². The Morgan fingerprint density at radius 3 is 2.59 bits per heavy atom. The Morgan fingerprint density at radius 2 is 1.93 bits per heavy atom. The van der Waals surface area contributed by atoms with Gasteiger partial charge in [0.2, 0.25) is 15.2 Å². The summed E-state index contributed by atoms with van der Waals surface area (Å²) >= 11 is 1.34. The van der Waals surface area contributed by atoms with E-state index in [9.17, 15) is 13.2 Å². The Morgan fingerprint density at radius 1 is 1.24 bits per heavy atom. The maximum atomic E-state index is 13.1. The predicted octanol–water partition coefficient (Wildman–Crippen LogP) is 3.66. The molecule has 0 radical (unpaired) electrons. The summed E-state index contributed by atoms with van der Waals surface area (Å²) in [5.41, 5.74) is 0.282. The molecule has 158 valence electrons. The highest BCUT2D eigenvalue weighted by Gasteiger charge is 2.32. The lowest BCUT2D eigenvalue weighted by Gasteiger charge is -2.34. The number of hydrogen-bond donors (Lipinski definition) is 1. The highest BCUT2D eigenvalue weighted by atomic mass is 32.2. The lowest BCUT2D eigenvalue weighted by atomic mass is 9.94. The number of carbonyl (C=O) groups is 1. The summed E-state index contributed by atoms with van der Waals surface area (Å²) in [5.74, 6) is 0.693. The molecule has 1 aromatic heterocycles. The van der Waals surface area contributed by atoms with Gasteiger partial charge in [-0.2, -0.15) is 4.31 Å². The number of aromatic nitrogens is 2. The third-order valence-electron chi connectivity index (χ3n) is 4.84. The van der Waals surface area contributed by atoms with Gasteiger partial charge in [-0.1, -0.05) is 45.1 Å². The van der Waals surface area contributed by atoms with Crippen molar-refractivity contribution in [3.05, 3.63) is 34.8 Å². The summed E-state index contributed by atoms with van der Waals surface area (Å²) in [6.07, 6.45) is 1.82. The summed E-state index contributed by atoms with van der Waals surface area (Å²) in [7, 11) is -3.64. The lowest BCUT2D eigenvalue weighted by Crippen LogP contribution is -2.42. The Balaban J connectivity index is 1.76. The average Bonchev–Trinajstić information content (AvgIpc) is 3.07. The number of rotatable bonds is 6. The monoisotopic (exact) mass is 436 g/mol. The van der Waals surface area contributed by atoms with Crippen LogP contribution in [0.5, 0.6) is 0 Å². The van der Waals surface area contributed by atoms with Crippen molar-refractivity contribution in [1.29, 1.82) is 0 Å². The van der Waals surface area contributed by atoms with Crippen LogP contribution in [-0.4, -0.2) is 41.9 Å². The molecule has 1 aliphatic heterocycles. The highest BCUT2D eigenvalue weighted by molar-refractivity contribution is 7.89. The normalized spacial score (nSPS) is 20.7. The van der Waals surface area contributed by atoms with Crippen LogP contribution in [0.1, 0.15) is 49.5 Å². The van der Waals surface area contributed by atoms with Crippen molar-refractivity contribution in [3.8, 4) is 0 Å². The van der Waals surface area contributed by atoms with Crippen molar-refractivity contribution < 1.29 is 13.2 Å². The van der Waals surface area contributed by atoms with Crippen LogP contribution < -0.4 is 5.32 Å². The van der Waals surface area contributed by atoms with Crippen LogP contribution in [-0.2, 0) is 16.4 Å². The third kappa shape index (κ3) is 5.40. The molecule has 0 bridgehead atoms. The van der Waals surface area contributed by atoms with Crippen molar-refractivity contribution in [2.75, 3.05) is 18.4 Å². The molecule has 2 unspecified atom stereocenters. The van der Waals surface area contributed by atoms with Gasteiger partial charge >= 0.3 is 0 Å². The van der Waals surface area contributed by atoms with E-state index in [0.717, 1.165) is 17.8 Å². The molecule has 1 aromatic carbocycles. The van der Waals surface area contributed by atoms with E-state index in [0.29, 0.717) is 36.0 Å². The molecule has 0 spiro atoms. The van der Waals surface area contributed by atoms with Gasteiger partial charge in [0.1, 0.15) is 5.01 Å². The second-order valence-corrected chi connectivity index (χ2v) is 11.3. The molecule has 1 saturated heterocycles. The fourth-order valence-corrected chi connectivity index (χ4v) is 6.33. The van der Waals surface area contributed by atoms with Crippen molar-refractivity contribution >= 4 is 32.4 Å². The SMILES string of the molecule is CC(C)Cc1nnc(NC(=O)c2cccc(S(=O)(=O)N3CC(C)CC(C)C3)c2)s1. The summed E-state index contributed by atoms with van der Waals surface area (Å²) in [4.78, 5) is 12.8. The fraction of sp³-hybridized carbons (Fsp3) is 0.550. The molecule has 7 nitrogen and oxygen atoms in total. The van der Waals surface area contributed by atoms with E-state index in [1.165, 1.54) is 21.7 Å². The first-order valence-electron chi connectivity index (χ1n) is 9.89.